The summed E-state index contributed by atoms with van der Waals surface area (Å²) in [6.07, 6.45) is 11.0. The van der Waals surface area contributed by atoms with E-state index < -0.39 is 5.50 Å². The minimum atomic E-state index is -0.683. The molecule has 0 aromatic rings. The quantitative estimate of drug-likeness (QED) is 0.651. The van der Waals surface area contributed by atoms with Crippen LogP contribution in [-0.4, -0.2) is 58.0 Å². The summed E-state index contributed by atoms with van der Waals surface area (Å²) in [5.74, 6) is 0.554. The zero-order valence-electron chi connectivity index (χ0n) is 17.9. The average molecular weight is 394 g/mol. The van der Waals surface area contributed by atoms with Crippen molar-refractivity contribution < 1.29 is 23.7 Å². The number of hydrogen-bond donors (Lipinski definition) is 0. The van der Waals surface area contributed by atoms with Crippen LogP contribution < -0.4 is 0 Å². The highest BCUT2D eigenvalue weighted by Gasteiger charge is 2.34. The maximum absolute atomic E-state index is 6.59. The Hall–Kier alpha value is -0.135. The molecule has 3 aliphatic heterocycles. The second kappa shape index (κ2) is 11.3. The molecule has 28 heavy (non-hydrogen) atoms. The molecule has 3 rings (SSSR count). The molecule has 0 amide bonds. The molecule has 2 radical (unpaired) electrons. The van der Waals surface area contributed by atoms with Crippen LogP contribution in [0.4, 0.5) is 0 Å². The van der Waals surface area contributed by atoms with E-state index in [0.29, 0.717) is 25.0 Å². The molecule has 3 fully saturated rings. The van der Waals surface area contributed by atoms with Gasteiger partial charge in [-0.15, -0.1) is 0 Å². The summed E-state index contributed by atoms with van der Waals surface area (Å²) in [4.78, 5) is 0. The Morgan fingerprint density at radius 2 is 1.61 bits per heavy atom. The van der Waals surface area contributed by atoms with Crippen molar-refractivity contribution in [2.75, 3.05) is 19.8 Å². The van der Waals surface area contributed by atoms with Gasteiger partial charge < -0.3 is 23.7 Å². The van der Waals surface area contributed by atoms with Crippen LogP contribution in [0, 0.1) is 5.92 Å². The van der Waals surface area contributed by atoms with Crippen LogP contribution in [0.15, 0.2) is 0 Å². The van der Waals surface area contributed by atoms with Crippen molar-refractivity contribution in [1.82, 2.24) is 0 Å². The Labute approximate surface area is 172 Å². The summed E-state index contributed by atoms with van der Waals surface area (Å²) in [6, 6.07) is 0. The fourth-order valence-electron chi connectivity index (χ4n) is 4.38. The van der Waals surface area contributed by atoms with Crippen LogP contribution in [0.25, 0.3) is 0 Å². The van der Waals surface area contributed by atoms with Crippen molar-refractivity contribution >= 4 is 7.85 Å². The van der Waals surface area contributed by atoms with Gasteiger partial charge in [0.05, 0.1) is 18.8 Å². The van der Waals surface area contributed by atoms with Crippen molar-refractivity contribution in [3.05, 3.63) is 0 Å². The van der Waals surface area contributed by atoms with Crippen molar-refractivity contribution in [2.45, 2.75) is 115 Å². The van der Waals surface area contributed by atoms with Gasteiger partial charge in [0.15, 0.2) is 12.6 Å². The molecule has 6 heteroatoms. The Morgan fingerprint density at radius 1 is 0.786 bits per heavy atom. The second-order valence-electron chi connectivity index (χ2n) is 9.05. The average Bonchev–Trinajstić information content (AvgIpc) is 2.97. The van der Waals surface area contributed by atoms with E-state index in [4.69, 9.17) is 31.5 Å². The van der Waals surface area contributed by atoms with Gasteiger partial charge in [-0.2, -0.15) is 0 Å². The lowest BCUT2D eigenvalue weighted by Crippen LogP contribution is -2.39. The smallest absolute Gasteiger partial charge is 0.158 e. The number of ether oxygens (including phenoxy) is 5. The third-order valence-corrected chi connectivity index (χ3v) is 6.27. The van der Waals surface area contributed by atoms with E-state index in [1.807, 2.05) is 0 Å². The summed E-state index contributed by atoms with van der Waals surface area (Å²) in [5, 5.41) is 0. The first-order valence-corrected chi connectivity index (χ1v) is 11.5. The van der Waals surface area contributed by atoms with E-state index in [2.05, 4.69) is 13.8 Å². The van der Waals surface area contributed by atoms with Crippen LogP contribution in [0.2, 0.25) is 0 Å². The molecule has 5 atom stereocenters. The van der Waals surface area contributed by atoms with Gasteiger partial charge in [0.2, 0.25) is 0 Å². The molecule has 160 valence electrons. The van der Waals surface area contributed by atoms with Gasteiger partial charge in [0.1, 0.15) is 7.85 Å². The summed E-state index contributed by atoms with van der Waals surface area (Å²) < 4.78 is 30.4. The van der Waals surface area contributed by atoms with Gasteiger partial charge >= 0.3 is 0 Å². The summed E-state index contributed by atoms with van der Waals surface area (Å²) in [6.45, 7) is 6.54. The molecular formula is C22H39BO5. The molecule has 0 bridgehead atoms. The Bertz CT molecular complexity index is 441. The third-order valence-electron chi connectivity index (χ3n) is 6.27. The fraction of sp³-hybridized carbons (Fsp3) is 1.00. The Kier molecular flexibility index (Phi) is 9.11. The highest BCUT2D eigenvalue weighted by atomic mass is 16.7. The van der Waals surface area contributed by atoms with Gasteiger partial charge in [0, 0.05) is 25.1 Å². The first-order chi connectivity index (χ1) is 13.5. The van der Waals surface area contributed by atoms with Crippen LogP contribution in [-0.2, 0) is 23.7 Å². The molecule has 3 heterocycles. The molecule has 0 aliphatic carbocycles. The molecule has 0 saturated carbocycles. The van der Waals surface area contributed by atoms with E-state index >= 15 is 0 Å². The topological polar surface area (TPSA) is 46.2 Å². The van der Waals surface area contributed by atoms with E-state index in [0.717, 1.165) is 64.6 Å². The molecule has 0 aromatic carbocycles. The fourth-order valence-corrected chi connectivity index (χ4v) is 4.38. The monoisotopic (exact) mass is 394 g/mol. The molecule has 5 unspecified atom stereocenters. The van der Waals surface area contributed by atoms with E-state index in [1.54, 1.807) is 0 Å². The predicted octanol–water partition coefficient (Wildman–Crippen LogP) is 4.31. The highest BCUT2D eigenvalue weighted by Crippen LogP contribution is 2.30. The number of hydrogen-bond acceptors (Lipinski definition) is 5. The number of rotatable bonds is 5. The van der Waals surface area contributed by atoms with Gasteiger partial charge in [-0.3, -0.25) is 0 Å². The zero-order chi connectivity index (χ0) is 19.8. The zero-order valence-corrected chi connectivity index (χ0v) is 17.9. The van der Waals surface area contributed by atoms with Gasteiger partial charge in [-0.25, -0.2) is 0 Å². The Balaban J connectivity index is 1.44. The predicted molar refractivity (Wildman–Crippen MR) is 109 cm³/mol. The van der Waals surface area contributed by atoms with Gasteiger partial charge in [0.25, 0.3) is 0 Å². The van der Waals surface area contributed by atoms with Crippen molar-refractivity contribution in [3.8, 4) is 0 Å². The lowest BCUT2D eigenvalue weighted by atomic mass is 9.75. The maximum atomic E-state index is 6.59. The van der Waals surface area contributed by atoms with E-state index in [9.17, 15) is 0 Å². The van der Waals surface area contributed by atoms with Crippen molar-refractivity contribution in [3.63, 3.8) is 0 Å². The van der Waals surface area contributed by atoms with Crippen LogP contribution in [0.1, 0.15) is 84.5 Å². The SMILES string of the molecule is [B]C1(OC2CCCCCCO2)CCOC(OC2CCOC(C(C)C)CC2)CC1. The molecule has 0 aromatic heterocycles. The van der Waals surface area contributed by atoms with Crippen LogP contribution in [0.5, 0.6) is 0 Å². The summed E-state index contributed by atoms with van der Waals surface area (Å²) >= 11 is 0. The van der Waals surface area contributed by atoms with Crippen molar-refractivity contribution in [2.24, 2.45) is 5.92 Å². The van der Waals surface area contributed by atoms with Gasteiger partial charge in [-0.05, 0) is 57.3 Å². The molecule has 3 aliphatic rings. The Morgan fingerprint density at radius 3 is 2.46 bits per heavy atom. The lowest BCUT2D eigenvalue weighted by molar-refractivity contribution is -0.194. The lowest BCUT2D eigenvalue weighted by Gasteiger charge is -2.34. The normalized spacial score (nSPS) is 39.0. The highest BCUT2D eigenvalue weighted by molar-refractivity contribution is 6.14. The maximum Gasteiger partial charge on any atom is 0.158 e. The summed E-state index contributed by atoms with van der Waals surface area (Å²) in [5.41, 5.74) is -0.683. The van der Waals surface area contributed by atoms with Crippen molar-refractivity contribution in [1.29, 1.82) is 0 Å². The van der Waals surface area contributed by atoms with Crippen LogP contribution >= 0.6 is 0 Å². The molecule has 3 saturated heterocycles. The molecule has 0 N–H and O–H groups in total. The first-order valence-electron chi connectivity index (χ1n) is 11.5. The van der Waals surface area contributed by atoms with Crippen LogP contribution in [0.3, 0.4) is 0 Å². The van der Waals surface area contributed by atoms with E-state index in [-0.39, 0.29) is 18.7 Å². The molecule has 0 spiro atoms. The molecular weight excluding hydrogens is 355 g/mol. The van der Waals surface area contributed by atoms with Gasteiger partial charge in [-0.1, -0.05) is 26.7 Å². The van der Waals surface area contributed by atoms with E-state index in [1.165, 1.54) is 12.8 Å². The third kappa shape index (κ3) is 7.28. The largest absolute Gasteiger partial charge is 0.378 e. The minimum absolute atomic E-state index is 0.185. The molecule has 5 nitrogen and oxygen atoms in total. The first kappa shape index (κ1) is 22.5. The second-order valence-corrected chi connectivity index (χ2v) is 9.05. The standard InChI is InChI=1S/C22H39BO5/c1-17(2)19-9-8-18(11-15-24-19)27-20-10-12-22(23,13-16-26-20)28-21-7-5-3-4-6-14-25-21/h17-21H,3-16H2,1-2H3. The minimum Gasteiger partial charge on any atom is -0.378 e. The summed E-state index contributed by atoms with van der Waals surface area (Å²) in [7, 11) is 6.59.